The fourth-order valence-electron chi connectivity index (χ4n) is 3.55. The summed E-state index contributed by atoms with van der Waals surface area (Å²) in [5.74, 6) is 2.08. The summed E-state index contributed by atoms with van der Waals surface area (Å²) >= 11 is 1.66. The van der Waals surface area contributed by atoms with E-state index >= 15 is 0 Å². The summed E-state index contributed by atoms with van der Waals surface area (Å²) in [6.07, 6.45) is 4.93. The lowest BCUT2D eigenvalue weighted by Crippen LogP contribution is -2.26. The maximum absolute atomic E-state index is 9.69. The second-order valence-electron chi connectivity index (χ2n) is 8.01. The first-order chi connectivity index (χ1) is 12.9. The number of fused-ring (bicyclic) bond motifs is 1. The Balaban J connectivity index is 1.92. The number of benzene rings is 1. The molecule has 0 saturated carbocycles. The molecular weight excluding hydrogens is 356 g/mol. The second kappa shape index (κ2) is 7.74. The highest BCUT2D eigenvalue weighted by Crippen LogP contribution is 2.44. The zero-order valence-corrected chi connectivity index (χ0v) is 17.4. The summed E-state index contributed by atoms with van der Waals surface area (Å²) in [7, 11) is 3.25. The number of hydrogen-bond donors (Lipinski definition) is 0. The predicted molar refractivity (Wildman–Crippen MR) is 111 cm³/mol. The van der Waals surface area contributed by atoms with Crippen molar-refractivity contribution in [3.05, 3.63) is 39.8 Å². The summed E-state index contributed by atoms with van der Waals surface area (Å²) in [5.41, 5.74) is 3.12. The van der Waals surface area contributed by atoms with Gasteiger partial charge in [0.05, 0.1) is 19.8 Å². The summed E-state index contributed by atoms with van der Waals surface area (Å²) in [4.78, 5) is 5.98. The van der Waals surface area contributed by atoms with Gasteiger partial charge in [0.2, 0.25) is 0 Å². The van der Waals surface area contributed by atoms with Crippen LogP contribution in [-0.2, 0) is 12.8 Å². The van der Waals surface area contributed by atoms with Crippen LogP contribution in [0.2, 0.25) is 0 Å². The minimum Gasteiger partial charge on any atom is -0.497 e. The Bertz CT molecular complexity index is 878. The Morgan fingerprint density at radius 1 is 1.19 bits per heavy atom. The molecule has 0 amide bonds. The van der Waals surface area contributed by atoms with E-state index in [1.165, 1.54) is 10.4 Å². The quantitative estimate of drug-likeness (QED) is 0.653. The number of nitrogens with zero attached hydrogens (tertiary/aromatic N) is 2. The van der Waals surface area contributed by atoms with Crippen molar-refractivity contribution in [1.29, 1.82) is 5.26 Å². The van der Waals surface area contributed by atoms with Gasteiger partial charge in [0.25, 0.3) is 0 Å². The zero-order chi connectivity index (χ0) is 19.6. The van der Waals surface area contributed by atoms with Gasteiger partial charge in [-0.3, -0.25) is 0 Å². The van der Waals surface area contributed by atoms with Crippen molar-refractivity contribution in [2.24, 2.45) is 16.3 Å². The summed E-state index contributed by atoms with van der Waals surface area (Å²) in [5, 5.41) is 10.5. The SMILES string of the molecule is COc1cc(C=Nc2sc3c(c2C#N)CC[C@@H](C(C)(C)C)C3)cc(OC)c1. The largest absolute Gasteiger partial charge is 0.497 e. The molecule has 1 heterocycles. The Morgan fingerprint density at radius 2 is 1.85 bits per heavy atom. The van der Waals surface area contributed by atoms with Crippen LogP contribution in [0.15, 0.2) is 23.2 Å². The van der Waals surface area contributed by atoms with E-state index in [1.54, 1.807) is 31.8 Å². The molecule has 4 nitrogen and oxygen atoms in total. The molecule has 142 valence electrons. The Labute approximate surface area is 165 Å². The molecule has 27 heavy (non-hydrogen) atoms. The normalized spacial score (nSPS) is 16.8. The van der Waals surface area contributed by atoms with Crippen LogP contribution in [0, 0.1) is 22.7 Å². The van der Waals surface area contributed by atoms with Gasteiger partial charge in [0.1, 0.15) is 22.6 Å². The van der Waals surface area contributed by atoms with Crippen LogP contribution in [0.4, 0.5) is 5.00 Å². The van der Waals surface area contributed by atoms with Crippen LogP contribution < -0.4 is 9.47 Å². The fraction of sp³-hybridized carbons (Fsp3) is 0.455. The second-order valence-corrected chi connectivity index (χ2v) is 9.09. The monoisotopic (exact) mass is 382 g/mol. The fourth-order valence-corrected chi connectivity index (χ4v) is 4.78. The first-order valence-electron chi connectivity index (χ1n) is 9.17. The molecule has 1 aromatic carbocycles. The van der Waals surface area contributed by atoms with Gasteiger partial charge >= 0.3 is 0 Å². The summed E-state index contributed by atoms with van der Waals surface area (Å²) in [6.45, 7) is 6.91. The van der Waals surface area contributed by atoms with Gasteiger partial charge in [-0.15, -0.1) is 11.3 Å². The van der Waals surface area contributed by atoms with Crippen LogP contribution in [0.3, 0.4) is 0 Å². The molecule has 0 spiro atoms. The van der Waals surface area contributed by atoms with Crippen LogP contribution in [0.1, 0.15) is 48.8 Å². The maximum Gasteiger partial charge on any atom is 0.134 e. The molecule has 2 aromatic rings. The van der Waals surface area contributed by atoms with E-state index in [0.717, 1.165) is 46.9 Å². The lowest BCUT2D eigenvalue weighted by molar-refractivity contribution is 0.218. The number of aliphatic imine (C=N–C) groups is 1. The molecule has 0 saturated heterocycles. The van der Waals surface area contributed by atoms with Gasteiger partial charge in [-0.2, -0.15) is 5.26 Å². The molecule has 0 aliphatic heterocycles. The van der Waals surface area contributed by atoms with Gasteiger partial charge in [-0.05, 0) is 48.3 Å². The Morgan fingerprint density at radius 3 is 2.41 bits per heavy atom. The number of methoxy groups -OCH3 is 2. The lowest BCUT2D eigenvalue weighted by Gasteiger charge is -2.33. The lowest BCUT2D eigenvalue weighted by atomic mass is 9.72. The van der Waals surface area contributed by atoms with E-state index in [1.807, 2.05) is 18.2 Å². The molecule has 0 bridgehead atoms. The molecule has 1 aliphatic rings. The van der Waals surface area contributed by atoms with Crippen LogP contribution >= 0.6 is 11.3 Å². The van der Waals surface area contributed by atoms with E-state index in [9.17, 15) is 5.26 Å². The van der Waals surface area contributed by atoms with Gasteiger partial charge in [0, 0.05) is 22.7 Å². The van der Waals surface area contributed by atoms with E-state index in [0.29, 0.717) is 5.92 Å². The Hall–Kier alpha value is -2.32. The van der Waals surface area contributed by atoms with Crippen molar-refractivity contribution >= 4 is 22.6 Å². The molecule has 0 radical (unpaired) electrons. The van der Waals surface area contributed by atoms with E-state index in [-0.39, 0.29) is 5.41 Å². The third-order valence-corrected chi connectivity index (χ3v) is 6.45. The molecular formula is C22H26N2O2S. The minimum atomic E-state index is 0.287. The number of hydrogen-bond acceptors (Lipinski definition) is 5. The van der Waals surface area contributed by atoms with Gasteiger partial charge < -0.3 is 9.47 Å². The molecule has 3 rings (SSSR count). The van der Waals surface area contributed by atoms with Crippen LogP contribution in [0.5, 0.6) is 11.5 Å². The highest BCUT2D eigenvalue weighted by Gasteiger charge is 2.32. The predicted octanol–water partition coefficient (Wildman–Crippen LogP) is 5.54. The van der Waals surface area contributed by atoms with Gasteiger partial charge in [0.15, 0.2) is 0 Å². The summed E-state index contributed by atoms with van der Waals surface area (Å²) in [6, 6.07) is 8.02. The van der Waals surface area contributed by atoms with Crippen molar-refractivity contribution < 1.29 is 9.47 Å². The molecule has 5 heteroatoms. The van der Waals surface area contributed by atoms with Crippen molar-refractivity contribution in [3.63, 3.8) is 0 Å². The average Bonchev–Trinajstić information content (AvgIpc) is 3.01. The molecule has 1 aliphatic carbocycles. The van der Waals surface area contributed by atoms with Crippen molar-refractivity contribution in [2.45, 2.75) is 40.0 Å². The standard InChI is InChI=1S/C22H26N2O2S/c1-22(2,3)15-6-7-18-19(12-23)21(27-20(18)10-15)24-13-14-8-16(25-4)11-17(9-14)26-5/h8-9,11,13,15H,6-7,10H2,1-5H3/t15-/m1/s1. The van der Waals surface area contributed by atoms with Crippen LogP contribution in [-0.4, -0.2) is 20.4 Å². The number of ether oxygens (including phenoxy) is 2. The third-order valence-electron chi connectivity index (χ3n) is 5.29. The van der Waals surface area contributed by atoms with E-state index in [2.05, 4.69) is 31.8 Å². The molecule has 0 N–H and O–H groups in total. The Kier molecular flexibility index (Phi) is 5.57. The van der Waals surface area contributed by atoms with E-state index < -0.39 is 0 Å². The van der Waals surface area contributed by atoms with E-state index in [4.69, 9.17) is 9.47 Å². The minimum absolute atomic E-state index is 0.287. The molecule has 0 fully saturated rings. The molecule has 0 unspecified atom stereocenters. The molecule has 1 aromatic heterocycles. The molecule has 1 atom stereocenters. The average molecular weight is 383 g/mol. The third kappa shape index (κ3) is 4.17. The number of thiophene rings is 1. The van der Waals surface area contributed by atoms with Crippen molar-refractivity contribution in [2.75, 3.05) is 14.2 Å². The summed E-state index contributed by atoms with van der Waals surface area (Å²) < 4.78 is 10.6. The van der Waals surface area contributed by atoms with Gasteiger partial charge in [-0.1, -0.05) is 20.8 Å². The van der Waals surface area contributed by atoms with Crippen molar-refractivity contribution in [3.8, 4) is 17.6 Å². The van der Waals surface area contributed by atoms with Crippen molar-refractivity contribution in [1.82, 2.24) is 0 Å². The first kappa shape index (κ1) is 19.4. The zero-order valence-electron chi connectivity index (χ0n) is 16.6. The highest BCUT2D eigenvalue weighted by molar-refractivity contribution is 7.16. The van der Waals surface area contributed by atoms with Crippen LogP contribution in [0.25, 0.3) is 0 Å². The highest BCUT2D eigenvalue weighted by atomic mass is 32.1. The topological polar surface area (TPSA) is 54.6 Å². The smallest absolute Gasteiger partial charge is 0.134 e. The number of nitriles is 1. The maximum atomic E-state index is 9.69. The first-order valence-corrected chi connectivity index (χ1v) is 9.99. The number of rotatable bonds is 4. The van der Waals surface area contributed by atoms with Gasteiger partial charge in [-0.25, -0.2) is 4.99 Å².